The molecule has 3 nitrogen and oxygen atoms in total. The van der Waals surface area contributed by atoms with Gasteiger partial charge in [0, 0.05) is 43.7 Å². The van der Waals surface area contributed by atoms with E-state index in [1.807, 2.05) is 30.1 Å². The van der Waals surface area contributed by atoms with Gasteiger partial charge in [0.05, 0.1) is 0 Å². The van der Waals surface area contributed by atoms with Crippen molar-refractivity contribution in [1.29, 1.82) is 0 Å². The lowest BCUT2D eigenvalue weighted by Crippen LogP contribution is -2.48. The number of carbonyl (C=O) groups is 1. The van der Waals surface area contributed by atoms with Crippen LogP contribution in [0, 0.1) is 5.92 Å². The first-order valence-corrected chi connectivity index (χ1v) is 8.75. The van der Waals surface area contributed by atoms with Crippen LogP contribution in [0.1, 0.15) is 37.7 Å². The summed E-state index contributed by atoms with van der Waals surface area (Å²) in [6.07, 6.45) is 5.57. The molecule has 1 aliphatic carbocycles. The quantitative estimate of drug-likeness (QED) is 0.847. The lowest BCUT2D eigenvalue weighted by Gasteiger charge is -2.39. The average Bonchev–Trinajstić information content (AvgIpc) is 2.45. The third-order valence-corrected chi connectivity index (χ3v) is 5.44. The zero-order chi connectivity index (χ0) is 15.5. The number of nitrogens with zero attached hydrogens (tertiary/aromatic N) is 2. The number of halogens is 1. The normalized spacial score (nSPS) is 20.6. The first-order valence-electron chi connectivity index (χ1n) is 8.37. The molecule has 3 rings (SSSR count). The Morgan fingerprint density at radius 3 is 2.59 bits per heavy atom. The molecule has 1 aromatic carbocycles. The van der Waals surface area contributed by atoms with Crippen LogP contribution < -0.4 is 0 Å². The summed E-state index contributed by atoms with van der Waals surface area (Å²) in [6.45, 7) is 3.06. The lowest BCUT2D eigenvalue weighted by atomic mass is 9.84. The van der Waals surface area contributed by atoms with Gasteiger partial charge in [-0.05, 0) is 43.4 Å². The van der Waals surface area contributed by atoms with Gasteiger partial charge in [-0.15, -0.1) is 0 Å². The van der Waals surface area contributed by atoms with Crippen LogP contribution in [0.2, 0.25) is 5.02 Å². The minimum atomic E-state index is 0.314. The third-order valence-electron chi connectivity index (χ3n) is 5.20. The largest absolute Gasteiger partial charge is 0.342 e. The van der Waals surface area contributed by atoms with E-state index in [-0.39, 0.29) is 0 Å². The van der Waals surface area contributed by atoms with E-state index in [9.17, 15) is 4.79 Å². The van der Waals surface area contributed by atoms with Gasteiger partial charge in [0.2, 0.25) is 5.91 Å². The van der Waals surface area contributed by atoms with Crippen LogP contribution >= 0.6 is 11.6 Å². The Kier molecular flexibility index (Phi) is 5.04. The number of piperidine rings is 1. The zero-order valence-corrected chi connectivity index (χ0v) is 14.1. The summed E-state index contributed by atoms with van der Waals surface area (Å²) >= 11 is 6.05. The first-order chi connectivity index (χ1) is 10.6. The van der Waals surface area contributed by atoms with Gasteiger partial charge in [0.15, 0.2) is 0 Å². The van der Waals surface area contributed by atoms with Gasteiger partial charge in [-0.25, -0.2) is 0 Å². The molecular weight excluding hydrogens is 296 g/mol. The first kappa shape index (κ1) is 15.8. The summed E-state index contributed by atoms with van der Waals surface area (Å²) in [5.74, 6) is 0.689. The molecule has 1 aromatic rings. The van der Waals surface area contributed by atoms with Gasteiger partial charge in [0.1, 0.15) is 0 Å². The van der Waals surface area contributed by atoms with Gasteiger partial charge in [-0.1, -0.05) is 30.2 Å². The van der Waals surface area contributed by atoms with Crippen LogP contribution in [0.5, 0.6) is 0 Å². The number of hydrogen-bond acceptors (Lipinski definition) is 2. The maximum absolute atomic E-state index is 12.3. The second kappa shape index (κ2) is 7.01. The summed E-state index contributed by atoms with van der Waals surface area (Å²) in [5.41, 5.74) is 1.27. The fourth-order valence-electron chi connectivity index (χ4n) is 3.48. The van der Waals surface area contributed by atoms with Crippen LogP contribution in [0.3, 0.4) is 0 Å². The molecule has 0 N–H and O–H groups in total. The van der Waals surface area contributed by atoms with Crippen molar-refractivity contribution in [2.24, 2.45) is 5.92 Å². The van der Waals surface area contributed by atoms with Crippen molar-refractivity contribution in [2.75, 3.05) is 20.1 Å². The summed E-state index contributed by atoms with van der Waals surface area (Å²) in [4.78, 5) is 16.8. The highest BCUT2D eigenvalue weighted by molar-refractivity contribution is 6.30. The predicted molar refractivity (Wildman–Crippen MR) is 89.9 cm³/mol. The van der Waals surface area contributed by atoms with Crippen LogP contribution in [-0.4, -0.2) is 41.9 Å². The second-order valence-electron chi connectivity index (χ2n) is 6.71. The van der Waals surface area contributed by atoms with E-state index in [0.29, 0.717) is 17.9 Å². The van der Waals surface area contributed by atoms with Gasteiger partial charge >= 0.3 is 0 Å². The average molecular weight is 321 g/mol. The maximum Gasteiger partial charge on any atom is 0.225 e. The number of rotatable bonds is 4. The highest BCUT2D eigenvalue weighted by Crippen LogP contribution is 2.29. The monoisotopic (exact) mass is 320 g/mol. The number of hydrogen-bond donors (Lipinski definition) is 0. The van der Waals surface area contributed by atoms with Crippen molar-refractivity contribution < 1.29 is 4.79 Å². The van der Waals surface area contributed by atoms with Crippen molar-refractivity contribution in [3.63, 3.8) is 0 Å². The minimum Gasteiger partial charge on any atom is -0.342 e. The molecule has 1 saturated carbocycles. The highest BCUT2D eigenvalue weighted by Gasteiger charge is 2.32. The van der Waals surface area contributed by atoms with E-state index in [1.165, 1.54) is 12.0 Å². The smallest absolute Gasteiger partial charge is 0.225 e. The number of benzene rings is 1. The number of carbonyl (C=O) groups excluding carboxylic acids is 1. The Morgan fingerprint density at radius 2 is 2.00 bits per heavy atom. The Morgan fingerprint density at radius 1 is 1.27 bits per heavy atom. The Bertz CT molecular complexity index is 522. The van der Waals surface area contributed by atoms with Crippen LogP contribution in [-0.2, 0) is 11.3 Å². The van der Waals surface area contributed by atoms with E-state index < -0.39 is 0 Å². The fraction of sp³-hybridized carbons (Fsp3) is 0.611. The van der Waals surface area contributed by atoms with Crippen molar-refractivity contribution in [3.8, 4) is 0 Å². The molecule has 2 aliphatic rings. The molecule has 0 aromatic heterocycles. The molecule has 0 spiro atoms. The van der Waals surface area contributed by atoms with Crippen molar-refractivity contribution in [1.82, 2.24) is 9.80 Å². The summed E-state index contributed by atoms with van der Waals surface area (Å²) in [5, 5.41) is 0.804. The van der Waals surface area contributed by atoms with Crippen LogP contribution in [0.4, 0.5) is 0 Å². The molecule has 1 saturated heterocycles. The van der Waals surface area contributed by atoms with E-state index >= 15 is 0 Å². The Hall–Kier alpha value is -1.06. The zero-order valence-electron chi connectivity index (χ0n) is 13.3. The standard InChI is InChI=1S/C18H25ClN2O/c1-20(18(22)15-5-3-6-15)17-8-10-21(11-9-17)13-14-4-2-7-16(19)12-14/h2,4,7,12,15,17H,3,5-6,8-11,13H2,1H3. The van der Waals surface area contributed by atoms with E-state index in [4.69, 9.17) is 11.6 Å². The van der Waals surface area contributed by atoms with E-state index in [0.717, 1.165) is 50.3 Å². The number of amides is 1. The van der Waals surface area contributed by atoms with Gasteiger partial charge < -0.3 is 4.90 Å². The second-order valence-corrected chi connectivity index (χ2v) is 7.15. The Balaban J connectivity index is 1.48. The predicted octanol–water partition coefficient (Wildman–Crippen LogP) is 3.56. The van der Waals surface area contributed by atoms with Gasteiger partial charge in [-0.2, -0.15) is 0 Å². The molecule has 1 heterocycles. The summed E-state index contributed by atoms with van der Waals surface area (Å²) < 4.78 is 0. The van der Waals surface area contributed by atoms with Gasteiger partial charge in [0.25, 0.3) is 0 Å². The van der Waals surface area contributed by atoms with Crippen LogP contribution in [0.25, 0.3) is 0 Å². The Labute approximate surface area is 138 Å². The SMILES string of the molecule is CN(C(=O)C1CCC1)C1CCN(Cc2cccc(Cl)c2)CC1. The van der Waals surface area contributed by atoms with E-state index in [2.05, 4.69) is 11.0 Å². The highest BCUT2D eigenvalue weighted by atomic mass is 35.5. The minimum absolute atomic E-state index is 0.314. The lowest BCUT2D eigenvalue weighted by molar-refractivity contribution is -0.139. The number of likely N-dealkylation sites (tertiary alicyclic amines) is 1. The topological polar surface area (TPSA) is 23.6 Å². The van der Waals surface area contributed by atoms with Crippen molar-refractivity contribution in [2.45, 2.75) is 44.7 Å². The molecule has 1 aliphatic heterocycles. The van der Waals surface area contributed by atoms with Crippen molar-refractivity contribution >= 4 is 17.5 Å². The molecular formula is C18H25ClN2O. The molecule has 0 unspecified atom stereocenters. The van der Waals surface area contributed by atoms with Crippen molar-refractivity contribution in [3.05, 3.63) is 34.9 Å². The third kappa shape index (κ3) is 3.64. The van der Waals surface area contributed by atoms with E-state index in [1.54, 1.807) is 0 Å². The summed E-state index contributed by atoms with van der Waals surface area (Å²) in [6, 6.07) is 8.52. The maximum atomic E-state index is 12.3. The van der Waals surface area contributed by atoms with Gasteiger partial charge in [-0.3, -0.25) is 9.69 Å². The molecule has 0 bridgehead atoms. The fourth-order valence-corrected chi connectivity index (χ4v) is 3.69. The molecule has 1 amide bonds. The van der Waals surface area contributed by atoms with Crippen LogP contribution in [0.15, 0.2) is 24.3 Å². The molecule has 120 valence electrons. The molecule has 0 radical (unpaired) electrons. The molecule has 22 heavy (non-hydrogen) atoms. The molecule has 0 atom stereocenters. The summed E-state index contributed by atoms with van der Waals surface area (Å²) in [7, 11) is 2.00. The molecule has 4 heteroatoms. The molecule has 2 fully saturated rings.